The number of alkyl halides is 1. The van der Waals surface area contributed by atoms with E-state index in [9.17, 15) is 4.79 Å². The Balaban J connectivity index is 2.26. The van der Waals surface area contributed by atoms with Gasteiger partial charge in [-0.15, -0.1) is 11.6 Å². The van der Waals surface area contributed by atoms with E-state index < -0.39 is 0 Å². The van der Waals surface area contributed by atoms with Crippen LogP contribution in [0, 0.1) is 0 Å². The van der Waals surface area contributed by atoms with Crippen LogP contribution in [0.5, 0.6) is 5.75 Å². The fourth-order valence-corrected chi connectivity index (χ4v) is 2.60. The number of amides is 1. The Bertz CT molecular complexity index is 684. The van der Waals surface area contributed by atoms with E-state index in [0.717, 1.165) is 23.4 Å². The zero-order valence-electron chi connectivity index (χ0n) is 14.0. The van der Waals surface area contributed by atoms with Gasteiger partial charge in [0.1, 0.15) is 11.6 Å². The average Bonchev–Trinajstić information content (AvgIpc) is 3.15. The maximum Gasteiger partial charge on any atom is 0.237 e. The second kappa shape index (κ2) is 9.13. The number of halogens is 1. The summed E-state index contributed by atoms with van der Waals surface area (Å²) in [6, 6.07) is 7.67. The zero-order chi connectivity index (χ0) is 17.4. The highest BCUT2D eigenvalue weighted by atomic mass is 35.5. The first kappa shape index (κ1) is 18.1. The fourth-order valence-electron chi connectivity index (χ4n) is 2.43. The lowest BCUT2D eigenvalue weighted by atomic mass is 10.1. The van der Waals surface area contributed by atoms with Gasteiger partial charge in [-0.2, -0.15) is 5.10 Å². The number of carbonyl (C=O) groups excluding carboxylic acids is 1. The SMILES string of the molecule is C/C=C/CCN(Cc1cc(-n2cccn2)ccc1OC)C(=O)CCl. The van der Waals surface area contributed by atoms with E-state index in [1.165, 1.54) is 0 Å². The lowest BCUT2D eigenvalue weighted by Gasteiger charge is -2.23. The molecule has 0 saturated heterocycles. The van der Waals surface area contributed by atoms with E-state index in [2.05, 4.69) is 5.10 Å². The van der Waals surface area contributed by atoms with Crippen LogP contribution >= 0.6 is 11.6 Å². The van der Waals surface area contributed by atoms with Crippen molar-refractivity contribution in [1.82, 2.24) is 14.7 Å². The Labute approximate surface area is 147 Å². The van der Waals surface area contributed by atoms with Crippen LogP contribution in [-0.4, -0.2) is 40.1 Å². The summed E-state index contributed by atoms with van der Waals surface area (Å²) in [6.45, 7) is 3.02. The molecule has 2 aromatic rings. The number of hydrogen-bond acceptors (Lipinski definition) is 3. The molecule has 6 heteroatoms. The van der Waals surface area contributed by atoms with E-state index >= 15 is 0 Å². The van der Waals surface area contributed by atoms with Crippen molar-refractivity contribution in [3.8, 4) is 11.4 Å². The van der Waals surface area contributed by atoms with E-state index in [-0.39, 0.29) is 11.8 Å². The largest absolute Gasteiger partial charge is 0.496 e. The topological polar surface area (TPSA) is 47.4 Å². The molecular weight excluding hydrogens is 326 g/mol. The predicted molar refractivity (Wildman–Crippen MR) is 95.7 cm³/mol. The van der Waals surface area contributed by atoms with Gasteiger partial charge in [0.2, 0.25) is 5.91 Å². The molecule has 0 aliphatic heterocycles. The van der Waals surface area contributed by atoms with Crippen LogP contribution in [0.4, 0.5) is 0 Å². The molecule has 0 unspecified atom stereocenters. The summed E-state index contributed by atoms with van der Waals surface area (Å²) in [4.78, 5) is 13.9. The first-order valence-electron chi connectivity index (χ1n) is 7.81. The summed E-state index contributed by atoms with van der Waals surface area (Å²) in [5, 5.41) is 4.24. The molecule has 0 atom stereocenters. The third kappa shape index (κ3) is 4.61. The van der Waals surface area contributed by atoms with Crippen molar-refractivity contribution in [1.29, 1.82) is 0 Å². The van der Waals surface area contributed by atoms with E-state index in [1.54, 1.807) is 22.9 Å². The molecule has 1 amide bonds. The molecule has 1 aromatic heterocycles. The normalized spacial score (nSPS) is 11.0. The number of nitrogens with zero attached hydrogens (tertiary/aromatic N) is 3. The summed E-state index contributed by atoms with van der Waals surface area (Å²) >= 11 is 5.76. The van der Waals surface area contributed by atoms with Crippen molar-refractivity contribution in [3.63, 3.8) is 0 Å². The molecule has 0 spiro atoms. The number of ether oxygens (including phenoxy) is 1. The van der Waals surface area contributed by atoms with Gasteiger partial charge < -0.3 is 9.64 Å². The van der Waals surface area contributed by atoms with Crippen molar-refractivity contribution in [2.45, 2.75) is 19.9 Å². The summed E-state index contributed by atoms with van der Waals surface area (Å²) in [5.74, 6) is 0.619. The third-order valence-electron chi connectivity index (χ3n) is 3.66. The van der Waals surface area contributed by atoms with Gasteiger partial charge in [-0.05, 0) is 37.6 Å². The molecule has 0 radical (unpaired) electrons. The van der Waals surface area contributed by atoms with Crippen molar-refractivity contribution in [2.75, 3.05) is 19.5 Å². The van der Waals surface area contributed by atoms with Crippen LogP contribution in [0.15, 0.2) is 48.8 Å². The van der Waals surface area contributed by atoms with Crippen LogP contribution in [-0.2, 0) is 11.3 Å². The van der Waals surface area contributed by atoms with Crippen LogP contribution < -0.4 is 4.74 Å². The minimum Gasteiger partial charge on any atom is -0.496 e. The Morgan fingerprint density at radius 2 is 2.29 bits per heavy atom. The van der Waals surface area contributed by atoms with Gasteiger partial charge in [0.05, 0.1) is 12.8 Å². The molecule has 0 N–H and O–H groups in total. The predicted octanol–water partition coefficient (Wildman–Crippen LogP) is 3.41. The smallest absolute Gasteiger partial charge is 0.237 e. The molecule has 5 nitrogen and oxygen atoms in total. The van der Waals surface area contributed by atoms with Crippen molar-refractivity contribution >= 4 is 17.5 Å². The number of aromatic nitrogens is 2. The van der Waals surface area contributed by atoms with Gasteiger partial charge in [0, 0.05) is 31.0 Å². The lowest BCUT2D eigenvalue weighted by Crippen LogP contribution is -2.32. The number of carbonyl (C=O) groups is 1. The minimum atomic E-state index is -0.0901. The molecule has 1 aromatic carbocycles. The monoisotopic (exact) mass is 347 g/mol. The number of rotatable bonds is 8. The maximum absolute atomic E-state index is 12.1. The Kier molecular flexibility index (Phi) is 6.88. The fraction of sp³-hybridized carbons (Fsp3) is 0.333. The highest BCUT2D eigenvalue weighted by Gasteiger charge is 2.15. The quantitative estimate of drug-likeness (QED) is 0.543. The standard InChI is InChI=1S/C18H22ClN3O2/c1-3-4-5-10-21(18(23)13-19)14-15-12-16(7-8-17(15)24-2)22-11-6-9-20-22/h3-4,6-9,11-12H,5,10,13-14H2,1-2H3/b4-3+. The highest BCUT2D eigenvalue weighted by molar-refractivity contribution is 6.27. The summed E-state index contributed by atoms with van der Waals surface area (Å²) < 4.78 is 7.22. The second-order valence-electron chi connectivity index (χ2n) is 5.25. The van der Waals surface area contributed by atoms with Crippen molar-refractivity contribution in [2.24, 2.45) is 0 Å². The Morgan fingerprint density at radius 3 is 2.92 bits per heavy atom. The second-order valence-corrected chi connectivity index (χ2v) is 5.52. The third-order valence-corrected chi connectivity index (χ3v) is 3.89. The van der Waals surface area contributed by atoms with E-state index in [4.69, 9.17) is 16.3 Å². The van der Waals surface area contributed by atoms with Gasteiger partial charge in [-0.25, -0.2) is 4.68 Å². The molecule has 128 valence electrons. The first-order chi connectivity index (χ1) is 11.7. The van der Waals surface area contributed by atoms with Crippen LogP contribution in [0.2, 0.25) is 0 Å². The summed E-state index contributed by atoms with van der Waals surface area (Å²) in [7, 11) is 1.62. The molecule has 0 aliphatic carbocycles. The maximum atomic E-state index is 12.1. The summed E-state index contributed by atoms with van der Waals surface area (Å²) in [5.41, 5.74) is 1.84. The number of benzene rings is 1. The molecule has 0 bridgehead atoms. The van der Waals surface area contributed by atoms with E-state index in [1.807, 2.05) is 49.5 Å². The van der Waals surface area contributed by atoms with Crippen LogP contribution in [0.1, 0.15) is 18.9 Å². The minimum absolute atomic E-state index is 0.0308. The molecular formula is C18H22ClN3O2. The van der Waals surface area contributed by atoms with Gasteiger partial charge in [-0.1, -0.05) is 12.2 Å². The molecule has 2 rings (SSSR count). The highest BCUT2D eigenvalue weighted by Crippen LogP contribution is 2.23. The molecule has 0 saturated carbocycles. The van der Waals surface area contributed by atoms with Gasteiger partial charge in [0.25, 0.3) is 0 Å². The number of methoxy groups -OCH3 is 1. The Hall–Kier alpha value is -2.27. The Morgan fingerprint density at radius 1 is 1.46 bits per heavy atom. The molecule has 24 heavy (non-hydrogen) atoms. The van der Waals surface area contributed by atoms with Crippen molar-refractivity contribution < 1.29 is 9.53 Å². The van der Waals surface area contributed by atoms with Gasteiger partial charge >= 0.3 is 0 Å². The lowest BCUT2D eigenvalue weighted by molar-refractivity contribution is -0.129. The zero-order valence-corrected chi connectivity index (χ0v) is 14.7. The first-order valence-corrected chi connectivity index (χ1v) is 8.35. The van der Waals surface area contributed by atoms with Gasteiger partial charge in [-0.3, -0.25) is 4.79 Å². The molecule has 0 fully saturated rings. The molecule has 1 heterocycles. The number of allylic oxidation sites excluding steroid dienone is 1. The van der Waals surface area contributed by atoms with Crippen molar-refractivity contribution in [3.05, 3.63) is 54.4 Å². The summed E-state index contributed by atoms with van der Waals surface area (Å²) in [6.07, 6.45) is 8.40. The van der Waals surface area contributed by atoms with Crippen LogP contribution in [0.25, 0.3) is 5.69 Å². The van der Waals surface area contributed by atoms with Crippen LogP contribution in [0.3, 0.4) is 0 Å². The average molecular weight is 348 g/mol. The van der Waals surface area contributed by atoms with E-state index in [0.29, 0.717) is 13.1 Å². The molecule has 0 aliphatic rings. The van der Waals surface area contributed by atoms with Gasteiger partial charge in [0.15, 0.2) is 0 Å². The number of hydrogen-bond donors (Lipinski definition) is 0.